The molecule has 3 aliphatic rings. The Morgan fingerprint density at radius 1 is 1.03 bits per heavy atom. The molecule has 3 N–H and O–H groups in total. The molecule has 30 heavy (non-hydrogen) atoms. The van der Waals surface area contributed by atoms with Gasteiger partial charge in [0, 0.05) is 30.0 Å². The molecule has 2 amide bonds. The lowest BCUT2D eigenvalue weighted by Crippen LogP contribution is -2.29. The Balaban J connectivity index is 1.59. The maximum Gasteiger partial charge on any atom is 0.335 e. The molecule has 0 saturated carbocycles. The van der Waals surface area contributed by atoms with Crippen molar-refractivity contribution in [2.24, 2.45) is 0 Å². The molecular weight excluding hydrogens is 382 g/mol. The standard InChI is InChI=1S/C23H23N3O4/c27-21-17(16-11-13(23(29)30)7-8-18(16)25-21)12-19-14-5-1-2-6-15(14)20(24-19)22(28)26-9-3-4-10-26/h7-8,11-12,24H,1-6,9-10H2,(H,25,27)(H,29,30). The Morgan fingerprint density at radius 3 is 2.50 bits per heavy atom. The van der Waals surface area contributed by atoms with Gasteiger partial charge in [0.1, 0.15) is 5.69 Å². The Kier molecular flexibility index (Phi) is 4.46. The zero-order chi connectivity index (χ0) is 20.8. The van der Waals surface area contributed by atoms with Gasteiger partial charge in [-0.3, -0.25) is 9.59 Å². The number of aromatic nitrogens is 1. The second kappa shape index (κ2) is 7.16. The number of benzene rings is 1. The molecule has 0 spiro atoms. The van der Waals surface area contributed by atoms with Crippen LogP contribution < -0.4 is 5.32 Å². The molecule has 1 saturated heterocycles. The fourth-order valence-electron chi connectivity index (χ4n) is 4.76. The van der Waals surface area contributed by atoms with Crippen molar-refractivity contribution < 1.29 is 19.5 Å². The van der Waals surface area contributed by atoms with Crippen molar-refractivity contribution >= 4 is 35.1 Å². The summed E-state index contributed by atoms with van der Waals surface area (Å²) in [7, 11) is 0. The average Bonchev–Trinajstić information content (AvgIpc) is 3.46. The predicted octanol–water partition coefficient (Wildman–Crippen LogP) is 3.32. The molecule has 0 unspecified atom stereocenters. The Bertz CT molecular complexity index is 1110. The molecule has 2 aliphatic heterocycles. The topological polar surface area (TPSA) is 102 Å². The van der Waals surface area contributed by atoms with Gasteiger partial charge in [0.05, 0.1) is 11.1 Å². The molecule has 0 atom stereocenters. The van der Waals surface area contributed by atoms with E-state index in [1.54, 1.807) is 12.1 Å². The fraction of sp³-hybridized carbons (Fsp3) is 0.348. The minimum Gasteiger partial charge on any atom is -0.478 e. The number of fused-ring (bicyclic) bond motifs is 2. The molecule has 7 heteroatoms. The van der Waals surface area contributed by atoms with E-state index in [1.165, 1.54) is 12.1 Å². The largest absolute Gasteiger partial charge is 0.478 e. The number of hydrogen-bond donors (Lipinski definition) is 3. The van der Waals surface area contributed by atoms with Gasteiger partial charge in [-0.1, -0.05) is 0 Å². The summed E-state index contributed by atoms with van der Waals surface area (Å²) >= 11 is 0. The number of nitrogens with zero attached hydrogens (tertiary/aromatic N) is 1. The van der Waals surface area contributed by atoms with Crippen LogP contribution in [0.1, 0.15) is 68.9 Å². The molecule has 0 radical (unpaired) electrons. The first-order valence-corrected chi connectivity index (χ1v) is 10.5. The molecule has 5 rings (SSSR count). The number of aromatic carboxylic acids is 1. The molecule has 1 aromatic heterocycles. The van der Waals surface area contributed by atoms with Crippen LogP contribution in [0.2, 0.25) is 0 Å². The molecule has 1 fully saturated rings. The summed E-state index contributed by atoms with van der Waals surface area (Å²) in [5.74, 6) is -1.26. The van der Waals surface area contributed by atoms with Gasteiger partial charge < -0.3 is 20.3 Å². The van der Waals surface area contributed by atoms with Crippen molar-refractivity contribution in [3.05, 3.63) is 51.8 Å². The lowest BCUT2D eigenvalue weighted by atomic mass is 9.91. The number of anilines is 1. The number of rotatable bonds is 3. The molecule has 7 nitrogen and oxygen atoms in total. The van der Waals surface area contributed by atoms with E-state index in [2.05, 4.69) is 10.3 Å². The zero-order valence-corrected chi connectivity index (χ0v) is 16.6. The number of likely N-dealkylation sites (tertiary alicyclic amines) is 1. The number of carboxylic acid groups (broad SMARTS) is 1. The highest BCUT2D eigenvalue weighted by molar-refractivity contribution is 6.35. The predicted molar refractivity (Wildman–Crippen MR) is 112 cm³/mol. The zero-order valence-electron chi connectivity index (χ0n) is 16.6. The number of nitrogens with one attached hydrogen (secondary N) is 2. The second-order valence-electron chi connectivity index (χ2n) is 8.15. The van der Waals surface area contributed by atoms with E-state index in [1.807, 2.05) is 4.90 Å². The summed E-state index contributed by atoms with van der Waals surface area (Å²) in [5.41, 5.74) is 5.34. The number of carboxylic acids is 1. The molecule has 3 heterocycles. The summed E-state index contributed by atoms with van der Waals surface area (Å²) in [6.07, 6.45) is 7.66. The van der Waals surface area contributed by atoms with Gasteiger partial charge in [0.25, 0.3) is 11.8 Å². The number of amides is 2. The third kappa shape index (κ3) is 3.01. The van der Waals surface area contributed by atoms with Crippen molar-refractivity contribution in [2.45, 2.75) is 38.5 Å². The van der Waals surface area contributed by atoms with Crippen LogP contribution in [0.5, 0.6) is 0 Å². The summed E-state index contributed by atoms with van der Waals surface area (Å²) in [6.45, 7) is 1.58. The van der Waals surface area contributed by atoms with Crippen molar-refractivity contribution in [1.29, 1.82) is 0 Å². The SMILES string of the molecule is O=C1Nc2ccc(C(=O)O)cc2C1=Cc1[nH]c(C(=O)N2CCCC2)c2c1CCCC2. The number of H-pyrrole nitrogens is 1. The van der Waals surface area contributed by atoms with E-state index in [-0.39, 0.29) is 17.4 Å². The third-order valence-corrected chi connectivity index (χ3v) is 6.30. The maximum absolute atomic E-state index is 13.1. The third-order valence-electron chi connectivity index (χ3n) is 6.30. The highest BCUT2D eigenvalue weighted by Gasteiger charge is 2.30. The van der Waals surface area contributed by atoms with Gasteiger partial charge in [-0.05, 0) is 73.9 Å². The van der Waals surface area contributed by atoms with Crippen molar-refractivity contribution in [2.75, 3.05) is 18.4 Å². The minimum absolute atomic E-state index is 0.0414. The minimum atomic E-state index is -1.03. The highest BCUT2D eigenvalue weighted by Crippen LogP contribution is 2.36. The van der Waals surface area contributed by atoms with Crippen LogP contribution in [-0.2, 0) is 17.6 Å². The Hall–Kier alpha value is -3.35. The number of carbonyl (C=O) groups excluding carboxylic acids is 2. The van der Waals surface area contributed by atoms with Gasteiger partial charge in [0.2, 0.25) is 0 Å². The lowest BCUT2D eigenvalue weighted by Gasteiger charge is -2.17. The van der Waals surface area contributed by atoms with Crippen molar-refractivity contribution in [3.63, 3.8) is 0 Å². The van der Waals surface area contributed by atoms with Crippen LogP contribution in [-0.4, -0.2) is 45.9 Å². The van der Waals surface area contributed by atoms with Gasteiger partial charge in [0.15, 0.2) is 0 Å². The number of aromatic amines is 1. The highest BCUT2D eigenvalue weighted by atomic mass is 16.4. The van der Waals surface area contributed by atoms with Crippen LogP contribution in [0.3, 0.4) is 0 Å². The quantitative estimate of drug-likeness (QED) is 0.682. The van der Waals surface area contributed by atoms with Crippen LogP contribution in [0, 0.1) is 0 Å². The monoisotopic (exact) mass is 405 g/mol. The van der Waals surface area contributed by atoms with Crippen LogP contribution in [0.25, 0.3) is 11.6 Å². The Labute approximate surface area is 173 Å². The van der Waals surface area contributed by atoms with Gasteiger partial charge in [-0.25, -0.2) is 4.79 Å². The maximum atomic E-state index is 13.1. The van der Waals surface area contributed by atoms with E-state index in [0.29, 0.717) is 22.5 Å². The van der Waals surface area contributed by atoms with E-state index in [0.717, 1.165) is 68.4 Å². The first-order valence-electron chi connectivity index (χ1n) is 10.5. The molecule has 1 aliphatic carbocycles. The summed E-state index contributed by atoms with van der Waals surface area (Å²) in [6, 6.07) is 4.62. The summed E-state index contributed by atoms with van der Waals surface area (Å²) < 4.78 is 0. The van der Waals surface area contributed by atoms with E-state index in [4.69, 9.17) is 0 Å². The van der Waals surface area contributed by atoms with Crippen LogP contribution in [0.4, 0.5) is 5.69 Å². The van der Waals surface area contributed by atoms with E-state index >= 15 is 0 Å². The van der Waals surface area contributed by atoms with Gasteiger partial charge in [-0.2, -0.15) is 0 Å². The molecule has 2 aromatic rings. The first kappa shape index (κ1) is 18.7. The first-order chi connectivity index (χ1) is 14.5. The fourth-order valence-corrected chi connectivity index (χ4v) is 4.76. The smallest absolute Gasteiger partial charge is 0.335 e. The van der Waals surface area contributed by atoms with Crippen LogP contribution >= 0.6 is 0 Å². The van der Waals surface area contributed by atoms with Crippen molar-refractivity contribution in [1.82, 2.24) is 9.88 Å². The van der Waals surface area contributed by atoms with Crippen molar-refractivity contribution in [3.8, 4) is 0 Å². The van der Waals surface area contributed by atoms with E-state index < -0.39 is 5.97 Å². The Morgan fingerprint density at radius 2 is 1.77 bits per heavy atom. The molecular formula is C23H23N3O4. The summed E-state index contributed by atoms with van der Waals surface area (Å²) in [4.78, 5) is 42.3. The lowest BCUT2D eigenvalue weighted by molar-refractivity contribution is -0.110. The van der Waals surface area contributed by atoms with Gasteiger partial charge in [-0.15, -0.1) is 0 Å². The molecule has 0 bridgehead atoms. The number of hydrogen-bond acceptors (Lipinski definition) is 3. The average molecular weight is 405 g/mol. The normalized spacial score (nSPS) is 19.0. The molecule has 154 valence electrons. The number of carbonyl (C=O) groups is 3. The second-order valence-corrected chi connectivity index (χ2v) is 8.15. The van der Waals surface area contributed by atoms with Gasteiger partial charge >= 0.3 is 5.97 Å². The molecule has 1 aromatic carbocycles. The summed E-state index contributed by atoms with van der Waals surface area (Å²) in [5, 5.41) is 12.1. The van der Waals surface area contributed by atoms with E-state index in [9.17, 15) is 19.5 Å². The van der Waals surface area contributed by atoms with Crippen LogP contribution in [0.15, 0.2) is 18.2 Å².